The van der Waals surface area contributed by atoms with Crippen molar-refractivity contribution in [3.05, 3.63) is 34.9 Å². The highest BCUT2D eigenvalue weighted by atomic mass is 35.5. The highest BCUT2D eigenvalue weighted by molar-refractivity contribution is 6.31. The normalized spacial score (nSPS) is 19.1. The summed E-state index contributed by atoms with van der Waals surface area (Å²) in [5, 5.41) is 3.83. The molecule has 1 saturated heterocycles. The molecule has 3 nitrogen and oxygen atoms in total. The van der Waals surface area contributed by atoms with Gasteiger partial charge in [-0.2, -0.15) is 0 Å². The second kappa shape index (κ2) is 8.42. The van der Waals surface area contributed by atoms with Crippen LogP contribution in [0.4, 0.5) is 4.79 Å². The first-order chi connectivity index (χ1) is 10.6. The fourth-order valence-electron chi connectivity index (χ4n) is 2.99. The number of likely N-dealkylation sites (tertiary alicyclic amines) is 1. The van der Waals surface area contributed by atoms with Crippen LogP contribution in [0.5, 0.6) is 0 Å². The summed E-state index contributed by atoms with van der Waals surface area (Å²) >= 11 is 6.37. The first-order valence-electron chi connectivity index (χ1n) is 8.38. The number of halogens is 1. The van der Waals surface area contributed by atoms with Gasteiger partial charge >= 0.3 is 6.03 Å². The average Bonchev–Trinajstić information content (AvgIpc) is 2.73. The van der Waals surface area contributed by atoms with Crippen LogP contribution in [-0.2, 0) is 0 Å². The van der Waals surface area contributed by atoms with E-state index in [1.54, 1.807) is 0 Å². The van der Waals surface area contributed by atoms with Gasteiger partial charge in [-0.1, -0.05) is 56.5 Å². The number of urea groups is 1. The van der Waals surface area contributed by atoms with Gasteiger partial charge in [0.1, 0.15) is 0 Å². The second-order valence-corrected chi connectivity index (χ2v) is 6.90. The molecular formula is C18H27ClN2O. The van der Waals surface area contributed by atoms with Gasteiger partial charge in [0, 0.05) is 18.1 Å². The molecule has 0 radical (unpaired) electrons. The maximum absolute atomic E-state index is 12.6. The lowest BCUT2D eigenvalue weighted by atomic mass is 10.0. The van der Waals surface area contributed by atoms with Crippen LogP contribution < -0.4 is 5.32 Å². The number of benzene rings is 1. The van der Waals surface area contributed by atoms with E-state index in [1.807, 2.05) is 29.2 Å². The highest BCUT2D eigenvalue weighted by Crippen LogP contribution is 2.34. The molecule has 2 rings (SSSR count). The molecule has 22 heavy (non-hydrogen) atoms. The summed E-state index contributed by atoms with van der Waals surface area (Å²) in [5.41, 5.74) is 1.07. The summed E-state index contributed by atoms with van der Waals surface area (Å²) in [4.78, 5) is 14.6. The maximum atomic E-state index is 12.6. The first kappa shape index (κ1) is 17.1. The van der Waals surface area contributed by atoms with Crippen molar-refractivity contribution in [3.63, 3.8) is 0 Å². The Labute approximate surface area is 139 Å². The number of carbonyl (C=O) groups excluding carboxylic acids is 1. The number of nitrogens with one attached hydrogen (secondary N) is 1. The molecule has 0 spiro atoms. The van der Waals surface area contributed by atoms with E-state index in [9.17, 15) is 4.79 Å². The topological polar surface area (TPSA) is 32.3 Å². The average molecular weight is 323 g/mol. The van der Waals surface area contributed by atoms with E-state index in [1.165, 1.54) is 6.42 Å². The van der Waals surface area contributed by atoms with E-state index in [0.717, 1.165) is 49.4 Å². The Balaban J connectivity index is 2.10. The van der Waals surface area contributed by atoms with Gasteiger partial charge in [0.2, 0.25) is 0 Å². The Bertz CT molecular complexity index is 490. The monoisotopic (exact) mass is 322 g/mol. The van der Waals surface area contributed by atoms with E-state index in [0.29, 0.717) is 5.92 Å². The molecule has 0 aromatic heterocycles. The van der Waals surface area contributed by atoms with Crippen molar-refractivity contribution in [2.75, 3.05) is 13.1 Å². The smallest absolute Gasteiger partial charge is 0.317 e. The summed E-state index contributed by atoms with van der Waals surface area (Å²) in [6, 6.07) is 8.04. The third kappa shape index (κ3) is 4.64. The van der Waals surface area contributed by atoms with Crippen molar-refractivity contribution in [3.8, 4) is 0 Å². The molecule has 0 aliphatic carbocycles. The van der Waals surface area contributed by atoms with Crippen molar-refractivity contribution in [2.24, 2.45) is 5.92 Å². The standard InChI is InChI=1S/C18H27ClN2O/c1-14(2)11-12-20-18(22)21-13-7-3-4-10-17(21)15-8-5-6-9-16(15)19/h5-6,8-9,14,17H,3-4,7,10-13H2,1-2H3,(H,20,22)/t17-/m0/s1. The highest BCUT2D eigenvalue weighted by Gasteiger charge is 2.27. The third-order valence-corrected chi connectivity index (χ3v) is 4.62. The van der Waals surface area contributed by atoms with E-state index in [-0.39, 0.29) is 12.1 Å². The van der Waals surface area contributed by atoms with Crippen molar-refractivity contribution >= 4 is 17.6 Å². The molecule has 2 amide bonds. The predicted molar refractivity (Wildman–Crippen MR) is 92.2 cm³/mol. The lowest BCUT2D eigenvalue weighted by Gasteiger charge is -2.31. The number of amides is 2. The Morgan fingerprint density at radius 2 is 2.09 bits per heavy atom. The van der Waals surface area contributed by atoms with Gasteiger partial charge in [0.25, 0.3) is 0 Å². The number of rotatable bonds is 4. The van der Waals surface area contributed by atoms with Crippen LogP contribution >= 0.6 is 11.6 Å². The molecular weight excluding hydrogens is 296 g/mol. The van der Waals surface area contributed by atoms with Gasteiger partial charge in [-0.25, -0.2) is 4.79 Å². The van der Waals surface area contributed by atoms with Gasteiger partial charge in [-0.15, -0.1) is 0 Å². The fourth-order valence-corrected chi connectivity index (χ4v) is 3.25. The molecule has 1 aromatic carbocycles. The Morgan fingerprint density at radius 1 is 1.32 bits per heavy atom. The summed E-state index contributed by atoms with van der Waals surface area (Å²) in [6.45, 7) is 5.89. The third-order valence-electron chi connectivity index (χ3n) is 4.28. The predicted octanol–water partition coefficient (Wildman–Crippen LogP) is 5.01. The molecule has 122 valence electrons. The minimum Gasteiger partial charge on any atom is -0.338 e. The van der Waals surface area contributed by atoms with Crippen molar-refractivity contribution in [2.45, 2.75) is 52.0 Å². The van der Waals surface area contributed by atoms with Crippen molar-refractivity contribution in [1.29, 1.82) is 0 Å². The van der Waals surface area contributed by atoms with Gasteiger partial charge < -0.3 is 10.2 Å². The van der Waals surface area contributed by atoms with Crippen LogP contribution in [0.3, 0.4) is 0 Å². The van der Waals surface area contributed by atoms with Crippen LogP contribution in [0.1, 0.15) is 57.6 Å². The molecule has 1 aliphatic heterocycles. The molecule has 1 atom stereocenters. The number of carbonyl (C=O) groups is 1. The molecule has 4 heteroatoms. The molecule has 0 saturated carbocycles. The minimum atomic E-state index is 0.0486. The van der Waals surface area contributed by atoms with Gasteiger partial charge in [-0.05, 0) is 36.8 Å². The summed E-state index contributed by atoms with van der Waals surface area (Å²) < 4.78 is 0. The zero-order chi connectivity index (χ0) is 15.9. The van der Waals surface area contributed by atoms with Crippen LogP contribution in [0.25, 0.3) is 0 Å². The Hall–Kier alpha value is -1.22. The van der Waals surface area contributed by atoms with E-state index >= 15 is 0 Å². The first-order valence-corrected chi connectivity index (χ1v) is 8.76. The zero-order valence-electron chi connectivity index (χ0n) is 13.6. The minimum absolute atomic E-state index is 0.0486. The number of nitrogens with zero attached hydrogens (tertiary/aromatic N) is 1. The quantitative estimate of drug-likeness (QED) is 0.830. The van der Waals surface area contributed by atoms with Gasteiger partial charge in [-0.3, -0.25) is 0 Å². The summed E-state index contributed by atoms with van der Waals surface area (Å²) in [7, 11) is 0. The SMILES string of the molecule is CC(C)CCNC(=O)N1CCCCC[C@H]1c1ccccc1Cl. The lowest BCUT2D eigenvalue weighted by molar-refractivity contribution is 0.175. The molecule has 1 fully saturated rings. The van der Waals surface area contributed by atoms with Crippen molar-refractivity contribution < 1.29 is 4.79 Å². The molecule has 1 N–H and O–H groups in total. The number of hydrogen-bond acceptors (Lipinski definition) is 1. The van der Waals surface area contributed by atoms with Crippen LogP contribution in [-0.4, -0.2) is 24.0 Å². The van der Waals surface area contributed by atoms with Crippen LogP contribution in [0.2, 0.25) is 5.02 Å². The van der Waals surface area contributed by atoms with Crippen LogP contribution in [0, 0.1) is 5.92 Å². The summed E-state index contributed by atoms with van der Waals surface area (Å²) in [6.07, 6.45) is 5.39. The largest absolute Gasteiger partial charge is 0.338 e. The van der Waals surface area contributed by atoms with Crippen molar-refractivity contribution in [1.82, 2.24) is 10.2 Å². The molecule has 1 heterocycles. The van der Waals surface area contributed by atoms with Gasteiger partial charge in [0.05, 0.1) is 6.04 Å². The lowest BCUT2D eigenvalue weighted by Crippen LogP contribution is -2.42. The molecule has 0 bridgehead atoms. The molecule has 1 aliphatic rings. The van der Waals surface area contributed by atoms with Crippen LogP contribution in [0.15, 0.2) is 24.3 Å². The van der Waals surface area contributed by atoms with Gasteiger partial charge in [0.15, 0.2) is 0 Å². The molecule has 0 unspecified atom stereocenters. The Kier molecular flexibility index (Phi) is 6.56. The zero-order valence-corrected chi connectivity index (χ0v) is 14.4. The Morgan fingerprint density at radius 3 is 2.82 bits per heavy atom. The summed E-state index contributed by atoms with van der Waals surface area (Å²) in [5.74, 6) is 0.601. The second-order valence-electron chi connectivity index (χ2n) is 6.49. The maximum Gasteiger partial charge on any atom is 0.317 e. The fraction of sp³-hybridized carbons (Fsp3) is 0.611. The van der Waals surface area contributed by atoms with E-state index in [2.05, 4.69) is 19.2 Å². The van der Waals surface area contributed by atoms with E-state index in [4.69, 9.17) is 11.6 Å². The number of hydrogen-bond donors (Lipinski definition) is 1. The van der Waals surface area contributed by atoms with E-state index < -0.39 is 0 Å². The molecule has 1 aromatic rings.